The highest BCUT2D eigenvalue weighted by Crippen LogP contribution is 2.23. The Bertz CT molecular complexity index is 653. The van der Waals surface area contributed by atoms with Crippen molar-refractivity contribution in [1.29, 1.82) is 0 Å². The Hall–Kier alpha value is -0.630. The van der Waals surface area contributed by atoms with Gasteiger partial charge in [-0.2, -0.15) is 0 Å². The van der Waals surface area contributed by atoms with E-state index in [-0.39, 0.29) is 5.75 Å². The van der Waals surface area contributed by atoms with Gasteiger partial charge in [0.15, 0.2) is 14.2 Å². The molecule has 0 aliphatic rings. The summed E-state index contributed by atoms with van der Waals surface area (Å²) < 4.78 is 24.9. The first-order valence-electron chi connectivity index (χ1n) is 5.38. The van der Waals surface area contributed by atoms with Crippen LogP contribution in [0.4, 0.5) is 0 Å². The van der Waals surface area contributed by atoms with Gasteiger partial charge in [0.1, 0.15) is 5.01 Å². The highest BCUT2D eigenvalue weighted by atomic mass is 35.5. The molecule has 0 bridgehead atoms. The number of aryl methyl sites for hydroxylation is 1. The third-order valence-corrected chi connectivity index (χ3v) is 6.47. The number of rotatable bonds is 5. The normalized spacial score (nSPS) is 11.7. The van der Waals surface area contributed by atoms with E-state index in [1.54, 1.807) is 12.1 Å². The Balaban J connectivity index is 1.96. The fraction of sp³-hybridized carbons (Fsp3) is 0.273. The van der Waals surface area contributed by atoms with Gasteiger partial charge in [0.25, 0.3) is 0 Å². The molecule has 102 valence electrons. The van der Waals surface area contributed by atoms with E-state index in [2.05, 4.69) is 10.2 Å². The molecule has 0 aliphatic carbocycles. The summed E-state index contributed by atoms with van der Waals surface area (Å²) in [4.78, 5) is 0.297. The molecule has 8 heteroatoms. The van der Waals surface area contributed by atoms with Crippen LogP contribution in [0.5, 0.6) is 0 Å². The monoisotopic (exact) mass is 334 g/mol. The van der Waals surface area contributed by atoms with E-state index in [9.17, 15) is 8.42 Å². The van der Waals surface area contributed by atoms with Gasteiger partial charge in [0, 0.05) is 10.8 Å². The third kappa shape index (κ3) is 4.17. The van der Waals surface area contributed by atoms with Crippen LogP contribution >= 0.6 is 34.7 Å². The third-order valence-electron chi connectivity index (χ3n) is 2.26. The van der Waals surface area contributed by atoms with Crippen molar-refractivity contribution in [2.75, 3.05) is 11.5 Å². The second kappa shape index (κ2) is 6.21. The van der Waals surface area contributed by atoms with Crippen molar-refractivity contribution >= 4 is 44.5 Å². The molecule has 0 saturated heterocycles. The second-order valence-corrected chi connectivity index (χ2v) is 8.78. The molecule has 0 saturated carbocycles. The number of benzene rings is 1. The molecule has 1 aromatic carbocycles. The average molecular weight is 335 g/mol. The number of nitrogens with zero attached hydrogens (tertiary/aromatic N) is 2. The lowest BCUT2D eigenvalue weighted by atomic mass is 10.4. The lowest BCUT2D eigenvalue weighted by Gasteiger charge is -2.03. The Morgan fingerprint density at radius 1 is 1.26 bits per heavy atom. The van der Waals surface area contributed by atoms with E-state index in [4.69, 9.17) is 11.6 Å². The van der Waals surface area contributed by atoms with Crippen molar-refractivity contribution in [2.45, 2.75) is 16.2 Å². The van der Waals surface area contributed by atoms with Gasteiger partial charge in [-0.05, 0) is 31.2 Å². The summed E-state index contributed by atoms with van der Waals surface area (Å²) in [6.45, 7) is 1.87. The van der Waals surface area contributed by atoms with Gasteiger partial charge < -0.3 is 0 Å². The second-order valence-electron chi connectivity index (χ2n) is 3.71. The van der Waals surface area contributed by atoms with Gasteiger partial charge in [0.05, 0.1) is 10.6 Å². The molecule has 1 heterocycles. The van der Waals surface area contributed by atoms with Crippen LogP contribution in [-0.2, 0) is 9.84 Å². The Morgan fingerprint density at radius 3 is 2.53 bits per heavy atom. The summed E-state index contributed by atoms with van der Waals surface area (Å²) in [5, 5.41) is 9.23. The van der Waals surface area contributed by atoms with Crippen LogP contribution in [0.3, 0.4) is 0 Å². The minimum atomic E-state index is -3.26. The molecule has 0 amide bonds. The number of thioether (sulfide) groups is 1. The Kier molecular flexibility index (Phi) is 4.83. The van der Waals surface area contributed by atoms with E-state index in [1.807, 2.05) is 6.92 Å². The molecule has 1 aromatic heterocycles. The van der Waals surface area contributed by atoms with E-state index in [0.717, 1.165) is 9.35 Å². The van der Waals surface area contributed by atoms with Crippen molar-refractivity contribution in [3.63, 3.8) is 0 Å². The SMILES string of the molecule is Cc1nnc(SCCS(=O)(=O)c2ccc(Cl)cc2)s1. The summed E-state index contributed by atoms with van der Waals surface area (Å²) in [5.41, 5.74) is 0. The maximum atomic E-state index is 12.0. The molecular formula is C11H11ClN2O2S3. The zero-order chi connectivity index (χ0) is 13.9. The van der Waals surface area contributed by atoms with Crippen LogP contribution in [-0.4, -0.2) is 30.1 Å². The molecule has 0 aliphatic heterocycles. The topological polar surface area (TPSA) is 59.9 Å². The quantitative estimate of drug-likeness (QED) is 0.786. The smallest absolute Gasteiger partial charge is 0.179 e. The van der Waals surface area contributed by atoms with Crippen molar-refractivity contribution in [3.8, 4) is 0 Å². The van der Waals surface area contributed by atoms with Crippen LogP contribution in [0.1, 0.15) is 5.01 Å². The number of hydrogen-bond acceptors (Lipinski definition) is 6. The Morgan fingerprint density at radius 2 is 1.95 bits per heavy atom. The highest BCUT2D eigenvalue weighted by Gasteiger charge is 2.14. The summed E-state index contributed by atoms with van der Waals surface area (Å²) >= 11 is 8.61. The van der Waals surface area contributed by atoms with Crippen molar-refractivity contribution in [2.24, 2.45) is 0 Å². The molecule has 0 spiro atoms. The van der Waals surface area contributed by atoms with Crippen molar-refractivity contribution < 1.29 is 8.42 Å². The van der Waals surface area contributed by atoms with E-state index < -0.39 is 9.84 Å². The molecular weight excluding hydrogens is 324 g/mol. The maximum absolute atomic E-state index is 12.0. The fourth-order valence-corrected chi connectivity index (χ4v) is 5.00. The maximum Gasteiger partial charge on any atom is 0.179 e. The molecule has 0 fully saturated rings. The van der Waals surface area contributed by atoms with Gasteiger partial charge in [0.2, 0.25) is 0 Å². The molecule has 2 aromatic rings. The van der Waals surface area contributed by atoms with Crippen LogP contribution < -0.4 is 0 Å². The number of halogens is 1. The lowest BCUT2D eigenvalue weighted by molar-refractivity contribution is 0.597. The van der Waals surface area contributed by atoms with Crippen molar-refractivity contribution in [3.05, 3.63) is 34.3 Å². The van der Waals surface area contributed by atoms with Crippen LogP contribution in [0.25, 0.3) is 0 Å². The number of sulfone groups is 1. The Labute approximate surface area is 125 Å². The largest absolute Gasteiger partial charge is 0.224 e. The van der Waals surface area contributed by atoms with Gasteiger partial charge >= 0.3 is 0 Å². The minimum Gasteiger partial charge on any atom is -0.224 e. The predicted octanol–water partition coefficient (Wildman–Crippen LogP) is 3.07. The summed E-state index contributed by atoms with van der Waals surface area (Å²) in [7, 11) is -3.26. The van der Waals surface area contributed by atoms with Crippen LogP contribution in [0, 0.1) is 6.92 Å². The fourth-order valence-electron chi connectivity index (χ4n) is 1.34. The molecule has 0 atom stereocenters. The van der Waals surface area contributed by atoms with Gasteiger partial charge in [-0.3, -0.25) is 0 Å². The van der Waals surface area contributed by atoms with Gasteiger partial charge in [-0.1, -0.05) is 34.7 Å². The van der Waals surface area contributed by atoms with Crippen molar-refractivity contribution in [1.82, 2.24) is 10.2 Å². The standard InChI is InChI=1S/C11H11ClN2O2S3/c1-8-13-14-11(18-8)17-6-7-19(15,16)10-4-2-9(12)3-5-10/h2-5H,6-7H2,1H3. The first-order valence-corrected chi connectivity index (χ1v) is 9.22. The minimum absolute atomic E-state index is 0.0674. The molecule has 4 nitrogen and oxygen atoms in total. The molecule has 19 heavy (non-hydrogen) atoms. The van der Waals surface area contributed by atoms with Gasteiger partial charge in [-0.25, -0.2) is 8.42 Å². The zero-order valence-corrected chi connectivity index (χ0v) is 13.2. The van der Waals surface area contributed by atoms with E-state index in [0.29, 0.717) is 15.7 Å². The lowest BCUT2D eigenvalue weighted by Crippen LogP contribution is -2.08. The summed E-state index contributed by atoms with van der Waals surface area (Å²) in [6.07, 6.45) is 0. The average Bonchev–Trinajstić information content (AvgIpc) is 2.75. The van der Waals surface area contributed by atoms with Crippen LogP contribution in [0.15, 0.2) is 33.5 Å². The summed E-state index contributed by atoms with van der Waals surface area (Å²) in [5.74, 6) is 0.525. The van der Waals surface area contributed by atoms with Crippen LogP contribution in [0.2, 0.25) is 5.02 Å². The number of aromatic nitrogens is 2. The first-order chi connectivity index (χ1) is 8.97. The van der Waals surface area contributed by atoms with E-state index >= 15 is 0 Å². The molecule has 0 radical (unpaired) electrons. The highest BCUT2D eigenvalue weighted by molar-refractivity contribution is 8.02. The molecule has 2 rings (SSSR count). The number of hydrogen-bond donors (Lipinski definition) is 0. The van der Waals surface area contributed by atoms with Gasteiger partial charge in [-0.15, -0.1) is 10.2 Å². The van der Waals surface area contributed by atoms with E-state index in [1.165, 1.54) is 35.2 Å². The molecule has 0 N–H and O–H groups in total. The predicted molar refractivity (Wildman–Crippen MR) is 78.9 cm³/mol. The molecule has 0 unspecified atom stereocenters. The zero-order valence-electron chi connectivity index (χ0n) is 10.0. The summed E-state index contributed by atoms with van der Waals surface area (Å²) in [6, 6.07) is 6.21. The first kappa shape index (κ1) is 14.8.